The zero-order valence-electron chi connectivity index (χ0n) is 17.5. The quantitative estimate of drug-likeness (QED) is 0.575. The topological polar surface area (TPSA) is 116 Å². The van der Waals surface area contributed by atoms with Crippen LogP contribution in [0.15, 0.2) is 48.7 Å². The van der Waals surface area contributed by atoms with Crippen molar-refractivity contribution < 1.29 is 14.4 Å². The molecule has 1 saturated heterocycles. The smallest absolute Gasteiger partial charge is 0.272 e. The molecule has 9 nitrogen and oxygen atoms in total. The van der Waals surface area contributed by atoms with Crippen LogP contribution in [-0.2, 0) is 4.79 Å². The third-order valence-corrected chi connectivity index (χ3v) is 5.90. The molecule has 0 atom stereocenters. The highest BCUT2D eigenvalue weighted by atomic mass is 16.2. The minimum Gasteiger partial charge on any atom is -0.362 e. The fraction of sp³-hybridized carbons (Fsp3) is 0.261. The first-order valence-corrected chi connectivity index (χ1v) is 10.5. The van der Waals surface area contributed by atoms with E-state index in [9.17, 15) is 14.4 Å². The molecule has 3 N–H and O–H groups in total. The van der Waals surface area contributed by atoms with Gasteiger partial charge in [-0.2, -0.15) is 0 Å². The first-order valence-electron chi connectivity index (χ1n) is 10.5. The Morgan fingerprint density at radius 2 is 1.91 bits per heavy atom. The Morgan fingerprint density at radius 1 is 1.09 bits per heavy atom. The largest absolute Gasteiger partial charge is 0.362 e. The third kappa shape index (κ3) is 3.62. The number of carbonyl (C=O) groups is 3. The molecule has 2 aliphatic heterocycles. The summed E-state index contributed by atoms with van der Waals surface area (Å²) in [6.07, 6.45) is 2.77. The number of amides is 3. The second-order valence-corrected chi connectivity index (χ2v) is 8.14. The molecule has 162 valence electrons. The highest BCUT2D eigenvalue weighted by molar-refractivity contribution is 6.04. The van der Waals surface area contributed by atoms with Crippen LogP contribution in [0.1, 0.15) is 40.6 Å². The van der Waals surface area contributed by atoms with E-state index in [2.05, 4.69) is 25.9 Å². The zero-order chi connectivity index (χ0) is 22.3. The molecule has 0 saturated carbocycles. The number of nitrogens with zero attached hydrogens (tertiary/aromatic N) is 3. The monoisotopic (exact) mass is 430 g/mol. The van der Waals surface area contributed by atoms with Crippen LogP contribution < -0.4 is 16.0 Å². The van der Waals surface area contributed by atoms with E-state index in [4.69, 9.17) is 0 Å². The van der Waals surface area contributed by atoms with Gasteiger partial charge in [0.2, 0.25) is 5.91 Å². The molecular weight excluding hydrogens is 408 g/mol. The minimum atomic E-state index is -0.616. The molecule has 32 heavy (non-hydrogen) atoms. The third-order valence-electron chi connectivity index (χ3n) is 5.90. The van der Waals surface area contributed by atoms with E-state index in [0.717, 1.165) is 5.39 Å². The van der Waals surface area contributed by atoms with Gasteiger partial charge in [0.05, 0.1) is 5.56 Å². The molecule has 9 heteroatoms. The SMILES string of the molecule is CC(=O)Nc1ccc2c(c1)C(=O)NC1(CCN(C(=O)c3ccc4cccnc4n3)CC1)N2. The van der Waals surface area contributed by atoms with Crippen LogP contribution in [0.25, 0.3) is 11.0 Å². The average molecular weight is 430 g/mol. The Kier molecular flexibility index (Phi) is 4.73. The number of hydrogen-bond donors (Lipinski definition) is 3. The summed E-state index contributed by atoms with van der Waals surface area (Å²) in [5.74, 6) is -0.540. The van der Waals surface area contributed by atoms with Crippen molar-refractivity contribution in [2.45, 2.75) is 25.4 Å². The van der Waals surface area contributed by atoms with E-state index >= 15 is 0 Å². The first-order chi connectivity index (χ1) is 15.4. The van der Waals surface area contributed by atoms with Gasteiger partial charge < -0.3 is 20.9 Å². The summed E-state index contributed by atoms with van der Waals surface area (Å²) in [6.45, 7) is 2.38. The Morgan fingerprint density at radius 3 is 2.69 bits per heavy atom. The predicted octanol–water partition coefficient (Wildman–Crippen LogP) is 2.38. The number of rotatable bonds is 2. The second-order valence-electron chi connectivity index (χ2n) is 8.14. The number of hydrogen-bond acceptors (Lipinski definition) is 6. The average Bonchev–Trinajstić information content (AvgIpc) is 2.79. The van der Waals surface area contributed by atoms with Gasteiger partial charge >= 0.3 is 0 Å². The summed E-state index contributed by atoms with van der Waals surface area (Å²) < 4.78 is 0. The summed E-state index contributed by atoms with van der Waals surface area (Å²) >= 11 is 0. The van der Waals surface area contributed by atoms with Crippen LogP contribution in [0.2, 0.25) is 0 Å². The molecule has 5 rings (SSSR count). The maximum atomic E-state index is 13.0. The summed E-state index contributed by atoms with van der Waals surface area (Å²) in [7, 11) is 0. The van der Waals surface area contributed by atoms with Gasteiger partial charge in [-0.1, -0.05) is 0 Å². The molecule has 3 aromatic rings. The fourth-order valence-electron chi connectivity index (χ4n) is 4.27. The number of nitrogens with one attached hydrogen (secondary N) is 3. The molecule has 1 spiro atoms. The number of likely N-dealkylation sites (tertiary alicyclic amines) is 1. The normalized spacial score (nSPS) is 16.8. The van der Waals surface area contributed by atoms with Gasteiger partial charge in [0.1, 0.15) is 11.4 Å². The van der Waals surface area contributed by atoms with Gasteiger partial charge in [0.15, 0.2) is 5.65 Å². The lowest BCUT2D eigenvalue weighted by molar-refractivity contribution is -0.114. The van der Waals surface area contributed by atoms with Crippen LogP contribution in [0.5, 0.6) is 0 Å². The van der Waals surface area contributed by atoms with Crippen LogP contribution >= 0.6 is 0 Å². The Bertz CT molecular complexity index is 1250. The van der Waals surface area contributed by atoms with Gasteiger partial charge in [-0.3, -0.25) is 14.4 Å². The standard InChI is InChI=1S/C23H22N6O3/c1-14(30)25-16-5-7-18-17(13-16)21(31)28-23(27-18)8-11-29(12-9-23)22(32)19-6-4-15-3-2-10-24-20(15)26-19/h2-7,10,13,27H,8-9,11-12H2,1H3,(H,25,30)(H,28,31). The van der Waals surface area contributed by atoms with Crippen molar-refractivity contribution in [1.82, 2.24) is 20.2 Å². The van der Waals surface area contributed by atoms with E-state index in [1.807, 2.05) is 18.2 Å². The molecule has 0 unspecified atom stereocenters. The van der Waals surface area contributed by atoms with Gasteiger partial charge in [-0.25, -0.2) is 9.97 Å². The van der Waals surface area contributed by atoms with E-state index in [-0.39, 0.29) is 17.7 Å². The fourth-order valence-corrected chi connectivity index (χ4v) is 4.27. The molecule has 1 aromatic carbocycles. The van der Waals surface area contributed by atoms with Crippen molar-refractivity contribution in [3.63, 3.8) is 0 Å². The number of piperidine rings is 1. The van der Waals surface area contributed by atoms with Gasteiger partial charge in [-0.15, -0.1) is 0 Å². The van der Waals surface area contributed by atoms with Crippen molar-refractivity contribution in [3.8, 4) is 0 Å². The van der Waals surface area contributed by atoms with E-state index in [0.29, 0.717) is 54.2 Å². The maximum Gasteiger partial charge on any atom is 0.272 e. The van der Waals surface area contributed by atoms with E-state index < -0.39 is 5.66 Å². The summed E-state index contributed by atoms with van der Waals surface area (Å²) in [4.78, 5) is 47.5. The summed E-state index contributed by atoms with van der Waals surface area (Å²) in [5.41, 5.74) is 2.06. The molecule has 1 fully saturated rings. The van der Waals surface area contributed by atoms with Crippen LogP contribution in [0.4, 0.5) is 11.4 Å². The lowest BCUT2D eigenvalue weighted by atomic mass is 9.92. The Balaban J connectivity index is 1.30. The number of pyridine rings is 2. The predicted molar refractivity (Wildman–Crippen MR) is 119 cm³/mol. The van der Waals surface area contributed by atoms with Crippen molar-refractivity contribution in [2.24, 2.45) is 0 Å². The summed E-state index contributed by atoms with van der Waals surface area (Å²) in [6, 6.07) is 12.5. The number of anilines is 2. The van der Waals surface area contributed by atoms with Crippen LogP contribution in [0, 0.1) is 0 Å². The maximum absolute atomic E-state index is 13.0. The molecular formula is C23H22N6O3. The lowest BCUT2D eigenvalue weighted by Gasteiger charge is -2.45. The lowest BCUT2D eigenvalue weighted by Crippen LogP contribution is -2.62. The molecule has 0 bridgehead atoms. The van der Waals surface area contributed by atoms with Gasteiger partial charge in [-0.05, 0) is 42.5 Å². The van der Waals surface area contributed by atoms with Crippen molar-refractivity contribution in [3.05, 3.63) is 59.9 Å². The molecule has 4 heterocycles. The highest BCUT2D eigenvalue weighted by Crippen LogP contribution is 2.33. The van der Waals surface area contributed by atoms with E-state index in [1.165, 1.54) is 6.92 Å². The number of carbonyl (C=O) groups excluding carboxylic acids is 3. The zero-order valence-corrected chi connectivity index (χ0v) is 17.5. The van der Waals surface area contributed by atoms with Gasteiger partial charge in [0, 0.05) is 55.8 Å². The molecule has 0 aliphatic carbocycles. The Hall–Kier alpha value is -4.01. The number of aromatic nitrogens is 2. The first kappa shape index (κ1) is 19.9. The number of benzene rings is 1. The minimum absolute atomic E-state index is 0.144. The van der Waals surface area contributed by atoms with Crippen molar-refractivity contribution in [1.29, 1.82) is 0 Å². The summed E-state index contributed by atoms with van der Waals surface area (Å²) in [5, 5.41) is 10.1. The van der Waals surface area contributed by atoms with Crippen LogP contribution in [-0.4, -0.2) is 51.3 Å². The van der Waals surface area contributed by atoms with Crippen LogP contribution in [0.3, 0.4) is 0 Å². The molecule has 2 aromatic heterocycles. The molecule has 0 radical (unpaired) electrons. The van der Waals surface area contributed by atoms with Crippen molar-refractivity contribution in [2.75, 3.05) is 23.7 Å². The van der Waals surface area contributed by atoms with Gasteiger partial charge in [0.25, 0.3) is 11.8 Å². The molecule has 2 aliphatic rings. The number of fused-ring (bicyclic) bond motifs is 2. The van der Waals surface area contributed by atoms with Crippen molar-refractivity contribution >= 4 is 40.1 Å². The second kappa shape index (κ2) is 7.60. The van der Waals surface area contributed by atoms with E-state index in [1.54, 1.807) is 35.4 Å². The molecule has 3 amide bonds. The highest BCUT2D eigenvalue weighted by Gasteiger charge is 2.41. The Labute approximate surface area is 184 Å².